The van der Waals surface area contributed by atoms with Crippen molar-refractivity contribution in [3.05, 3.63) is 0 Å². The summed E-state index contributed by atoms with van der Waals surface area (Å²) >= 11 is 0. The van der Waals surface area contributed by atoms with Gasteiger partial charge in [-0.1, -0.05) is 0 Å². The third kappa shape index (κ3) is 2.61. The van der Waals surface area contributed by atoms with Crippen LogP contribution in [-0.2, 0) is 10.8 Å². The van der Waals surface area contributed by atoms with Crippen LogP contribution in [0.25, 0.3) is 0 Å². The van der Waals surface area contributed by atoms with Crippen molar-refractivity contribution < 1.29 is 4.21 Å². The first-order valence-corrected chi connectivity index (χ1v) is 9.70. The van der Waals surface area contributed by atoms with Crippen molar-refractivity contribution in [3.8, 4) is 0 Å². The molecular formula is C17H31NOS. The van der Waals surface area contributed by atoms with Gasteiger partial charge < -0.3 is 5.32 Å². The molecule has 2 nitrogen and oxygen atoms in total. The van der Waals surface area contributed by atoms with E-state index in [4.69, 9.17) is 0 Å². The molecule has 4 bridgehead atoms. The quantitative estimate of drug-likeness (QED) is 0.862. The minimum absolute atomic E-state index is 0.0859. The van der Waals surface area contributed by atoms with Gasteiger partial charge in [-0.05, 0) is 89.5 Å². The molecule has 2 atom stereocenters. The predicted octanol–water partition coefficient (Wildman–Crippen LogP) is 3.34. The second-order valence-corrected chi connectivity index (χ2v) is 11.0. The molecule has 0 amide bonds. The van der Waals surface area contributed by atoms with E-state index in [1.54, 1.807) is 0 Å². The normalized spacial score (nSPS) is 42.7. The molecular weight excluding hydrogens is 266 g/mol. The maximum absolute atomic E-state index is 12.6. The van der Waals surface area contributed by atoms with Gasteiger partial charge >= 0.3 is 0 Å². The summed E-state index contributed by atoms with van der Waals surface area (Å²) in [6.45, 7) is 6.32. The summed E-state index contributed by atoms with van der Waals surface area (Å²) in [5.41, 5.74) is 0.463. The Hall–Kier alpha value is 0.110. The fourth-order valence-corrected chi connectivity index (χ4v) is 6.90. The van der Waals surface area contributed by atoms with Crippen LogP contribution >= 0.6 is 0 Å². The first-order valence-electron chi connectivity index (χ1n) is 8.38. The van der Waals surface area contributed by atoms with Crippen molar-refractivity contribution in [2.45, 2.75) is 70.1 Å². The molecule has 0 aromatic rings. The van der Waals surface area contributed by atoms with Gasteiger partial charge in [0.25, 0.3) is 0 Å². The minimum Gasteiger partial charge on any atom is -0.316 e. The van der Waals surface area contributed by atoms with Crippen LogP contribution < -0.4 is 5.32 Å². The van der Waals surface area contributed by atoms with Gasteiger partial charge in [-0.2, -0.15) is 0 Å². The van der Waals surface area contributed by atoms with Gasteiger partial charge in [0.1, 0.15) is 0 Å². The second-order valence-electron chi connectivity index (χ2n) is 8.75. The molecule has 2 unspecified atom stereocenters. The summed E-state index contributed by atoms with van der Waals surface area (Å²) in [5, 5.41) is 3.57. The zero-order valence-corrected chi connectivity index (χ0v) is 14.4. The lowest BCUT2D eigenvalue weighted by atomic mass is 9.48. The molecule has 4 rings (SSSR count). The van der Waals surface area contributed by atoms with E-state index in [-0.39, 0.29) is 4.75 Å². The lowest BCUT2D eigenvalue weighted by Gasteiger charge is -2.59. The Kier molecular flexibility index (Phi) is 3.82. The summed E-state index contributed by atoms with van der Waals surface area (Å²) < 4.78 is 12.5. The van der Waals surface area contributed by atoms with E-state index in [2.05, 4.69) is 33.1 Å². The molecule has 3 heteroatoms. The third-order valence-electron chi connectivity index (χ3n) is 6.17. The molecule has 0 radical (unpaired) electrons. The van der Waals surface area contributed by atoms with Gasteiger partial charge in [0.15, 0.2) is 0 Å². The second kappa shape index (κ2) is 5.08. The number of hydrogen-bond acceptors (Lipinski definition) is 2. The van der Waals surface area contributed by atoms with Gasteiger partial charge in [-0.25, -0.2) is 0 Å². The molecule has 4 aliphatic rings. The van der Waals surface area contributed by atoms with Crippen LogP contribution in [0.4, 0.5) is 0 Å². The molecule has 20 heavy (non-hydrogen) atoms. The summed E-state index contributed by atoms with van der Waals surface area (Å²) in [7, 11) is 1.34. The standard InChI is InChI=1S/C17H31NOS/c1-16(2,3)20(19)11-15(18-4)17-8-12-5-13(9-17)7-14(6-12)10-17/h12-15,18H,5-11H2,1-4H3. The summed E-state index contributed by atoms with van der Waals surface area (Å²) in [6, 6.07) is 0.455. The van der Waals surface area contributed by atoms with Crippen LogP contribution in [0.5, 0.6) is 0 Å². The molecule has 1 N–H and O–H groups in total. The smallest absolute Gasteiger partial charge is 0.0399 e. The predicted molar refractivity (Wildman–Crippen MR) is 86.2 cm³/mol. The first kappa shape index (κ1) is 15.0. The first-order chi connectivity index (χ1) is 9.32. The van der Waals surface area contributed by atoms with Crippen LogP contribution in [0.1, 0.15) is 59.3 Å². The topological polar surface area (TPSA) is 29.1 Å². The Morgan fingerprint density at radius 1 is 1.10 bits per heavy atom. The van der Waals surface area contributed by atoms with Crippen molar-refractivity contribution in [2.75, 3.05) is 12.8 Å². The number of hydrogen-bond donors (Lipinski definition) is 1. The van der Waals surface area contributed by atoms with Crippen molar-refractivity contribution in [2.24, 2.45) is 23.2 Å². The van der Waals surface area contributed by atoms with Gasteiger partial charge in [0, 0.05) is 27.3 Å². The van der Waals surface area contributed by atoms with E-state index < -0.39 is 10.8 Å². The van der Waals surface area contributed by atoms with Crippen LogP contribution in [0.3, 0.4) is 0 Å². The highest BCUT2D eigenvalue weighted by Gasteiger charge is 2.54. The van der Waals surface area contributed by atoms with Crippen molar-refractivity contribution in [1.29, 1.82) is 0 Å². The molecule has 0 spiro atoms. The van der Waals surface area contributed by atoms with E-state index in [1.807, 2.05) is 0 Å². The Bertz CT molecular complexity index is 363. The van der Waals surface area contributed by atoms with Crippen LogP contribution in [0.15, 0.2) is 0 Å². The largest absolute Gasteiger partial charge is 0.316 e. The maximum Gasteiger partial charge on any atom is 0.0399 e. The van der Waals surface area contributed by atoms with Gasteiger partial charge in [0.05, 0.1) is 0 Å². The zero-order chi connectivity index (χ0) is 14.5. The molecule has 0 aromatic heterocycles. The zero-order valence-electron chi connectivity index (χ0n) is 13.6. The Morgan fingerprint density at radius 3 is 1.90 bits per heavy atom. The Morgan fingerprint density at radius 2 is 1.55 bits per heavy atom. The Labute approximate surface area is 126 Å². The average molecular weight is 298 g/mol. The van der Waals surface area contributed by atoms with Gasteiger partial charge in [-0.3, -0.25) is 4.21 Å². The maximum atomic E-state index is 12.6. The van der Waals surface area contributed by atoms with E-state index in [1.165, 1.54) is 38.5 Å². The fourth-order valence-electron chi connectivity index (χ4n) is 5.57. The number of nitrogens with one attached hydrogen (secondary N) is 1. The third-order valence-corrected chi connectivity index (χ3v) is 8.18. The molecule has 0 saturated heterocycles. The van der Waals surface area contributed by atoms with E-state index in [0.29, 0.717) is 11.5 Å². The van der Waals surface area contributed by atoms with Gasteiger partial charge in [-0.15, -0.1) is 0 Å². The monoisotopic (exact) mass is 297 g/mol. The van der Waals surface area contributed by atoms with E-state index in [9.17, 15) is 4.21 Å². The highest BCUT2D eigenvalue weighted by atomic mass is 32.2. The van der Waals surface area contributed by atoms with Crippen molar-refractivity contribution >= 4 is 10.8 Å². The van der Waals surface area contributed by atoms with Crippen molar-refractivity contribution in [3.63, 3.8) is 0 Å². The molecule has 4 aliphatic carbocycles. The molecule has 0 heterocycles. The van der Waals surface area contributed by atoms with Gasteiger partial charge in [0.2, 0.25) is 0 Å². The molecule has 0 aliphatic heterocycles. The molecule has 116 valence electrons. The summed E-state index contributed by atoms with van der Waals surface area (Å²) in [4.78, 5) is 0. The van der Waals surface area contributed by atoms with E-state index >= 15 is 0 Å². The molecule has 4 saturated carbocycles. The van der Waals surface area contributed by atoms with Crippen molar-refractivity contribution in [1.82, 2.24) is 5.32 Å². The fraction of sp³-hybridized carbons (Fsp3) is 1.00. The van der Waals surface area contributed by atoms with Crippen LogP contribution in [0.2, 0.25) is 0 Å². The lowest BCUT2D eigenvalue weighted by molar-refractivity contribution is -0.0684. The summed E-state index contributed by atoms with van der Waals surface area (Å²) in [5.74, 6) is 3.76. The number of rotatable bonds is 4. The van der Waals surface area contributed by atoms with Crippen LogP contribution in [-0.4, -0.2) is 27.8 Å². The van der Waals surface area contributed by atoms with E-state index in [0.717, 1.165) is 23.5 Å². The molecule has 0 aromatic carbocycles. The van der Waals surface area contributed by atoms with Crippen LogP contribution in [0, 0.1) is 23.2 Å². The minimum atomic E-state index is -0.743. The highest BCUT2D eigenvalue weighted by Crippen LogP contribution is 2.61. The Balaban J connectivity index is 1.77. The summed E-state index contributed by atoms with van der Waals surface area (Å²) in [6.07, 6.45) is 8.64. The SMILES string of the molecule is CNC(CS(=O)C(C)(C)C)C12CC3CC(CC(C3)C1)C2. The molecule has 4 fully saturated rings. The highest BCUT2D eigenvalue weighted by molar-refractivity contribution is 7.86. The average Bonchev–Trinajstić information content (AvgIpc) is 2.32. The lowest BCUT2D eigenvalue weighted by Crippen LogP contribution is -2.57.